The molecule has 0 heterocycles. The van der Waals surface area contributed by atoms with Gasteiger partial charge in [0, 0.05) is 13.2 Å². The van der Waals surface area contributed by atoms with E-state index in [1.807, 2.05) is 0 Å². The van der Waals surface area contributed by atoms with Crippen LogP contribution in [0.1, 0.15) is 32.1 Å². The molecule has 1 fully saturated rings. The van der Waals surface area contributed by atoms with Gasteiger partial charge in [0.1, 0.15) is 0 Å². The van der Waals surface area contributed by atoms with Gasteiger partial charge < -0.3 is 15.5 Å². The average molecular weight is 187 g/mol. The van der Waals surface area contributed by atoms with Gasteiger partial charge in [0.05, 0.1) is 6.10 Å². The first kappa shape index (κ1) is 11.0. The van der Waals surface area contributed by atoms with Crippen molar-refractivity contribution in [3.8, 4) is 0 Å². The predicted octanol–water partition coefficient (Wildman–Crippen LogP) is 0.509. The number of hydrogen-bond donors (Lipinski definition) is 3. The number of unbranched alkanes of at least 4 members (excludes halogenated alkanes) is 1. The smallest absolute Gasteiger partial charge is 0.0580 e. The molecular formula is C10H21NO2. The van der Waals surface area contributed by atoms with E-state index in [1.165, 1.54) is 6.42 Å². The maximum Gasteiger partial charge on any atom is 0.0580 e. The second-order valence-electron chi connectivity index (χ2n) is 3.89. The Bertz CT molecular complexity index is 130. The molecule has 0 bridgehead atoms. The molecule has 0 aromatic rings. The normalized spacial score (nSPS) is 28.2. The largest absolute Gasteiger partial charge is 0.396 e. The van der Waals surface area contributed by atoms with E-state index in [0.29, 0.717) is 5.92 Å². The summed E-state index contributed by atoms with van der Waals surface area (Å²) in [4.78, 5) is 0. The van der Waals surface area contributed by atoms with E-state index >= 15 is 0 Å². The van der Waals surface area contributed by atoms with E-state index in [1.54, 1.807) is 0 Å². The summed E-state index contributed by atoms with van der Waals surface area (Å²) < 4.78 is 0. The SMILES string of the molecule is OCCCCNCC1CCCC1O. The summed E-state index contributed by atoms with van der Waals surface area (Å²) >= 11 is 0. The third-order valence-electron chi connectivity index (χ3n) is 2.79. The number of aliphatic hydroxyl groups is 2. The van der Waals surface area contributed by atoms with Crippen molar-refractivity contribution in [2.45, 2.75) is 38.2 Å². The highest BCUT2D eigenvalue weighted by Crippen LogP contribution is 2.24. The molecule has 0 aromatic heterocycles. The Morgan fingerprint density at radius 2 is 2.08 bits per heavy atom. The van der Waals surface area contributed by atoms with Crippen LogP contribution in [0.3, 0.4) is 0 Å². The number of aliphatic hydroxyl groups excluding tert-OH is 2. The van der Waals surface area contributed by atoms with Crippen LogP contribution in [0.2, 0.25) is 0 Å². The van der Waals surface area contributed by atoms with Crippen LogP contribution in [-0.4, -0.2) is 36.0 Å². The van der Waals surface area contributed by atoms with Crippen LogP contribution >= 0.6 is 0 Å². The van der Waals surface area contributed by atoms with Crippen LogP contribution in [-0.2, 0) is 0 Å². The van der Waals surface area contributed by atoms with E-state index in [9.17, 15) is 5.11 Å². The van der Waals surface area contributed by atoms with Gasteiger partial charge >= 0.3 is 0 Å². The van der Waals surface area contributed by atoms with Gasteiger partial charge in [0.2, 0.25) is 0 Å². The molecule has 1 aliphatic rings. The van der Waals surface area contributed by atoms with Crippen LogP contribution in [0.4, 0.5) is 0 Å². The molecule has 3 heteroatoms. The summed E-state index contributed by atoms with van der Waals surface area (Å²) in [7, 11) is 0. The molecule has 0 aliphatic heterocycles. The number of nitrogens with one attached hydrogen (secondary N) is 1. The molecule has 0 amide bonds. The van der Waals surface area contributed by atoms with Crippen molar-refractivity contribution >= 4 is 0 Å². The van der Waals surface area contributed by atoms with Crippen LogP contribution in [0.25, 0.3) is 0 Å². The van der Waals surface area contributed by atoms with E-state index < -0.39 is 0 Å². The first-order valence-electron chi connectivity index (χ1n) is 5.34. The monoisotopic (exact) mass is 187 g/mol. The lowest BCUT2D eigenvalue weighted by molar-refractivity contribution is 0.131. The number of hydrogen-bond acceptors (Lipinski definition) is 3. The van der Waals surface area contributed by atoms with Crippen LogP contribution in [0.5, 0.6) is 0 Å². The Labute approximate surface area is 80.2 Å². The lowest BCUT2D eigenvalue weighted by Gasteiger charge is -2.14. The molecule has 2 atom stereocenters. The second-order valence-corrected chi connectivity index (χ2v) is 3.89. The summed E-state index contributed by atoms with van der Waals surface area (Å²) in [5.74, 6) is 0.467. The van der Waals surface area contributed by atoms with Gasteiger partial charge in [-0.1, -0.05) is 6.42 Å². The van der Waals surface area contributed by atoms with Gasteiger partial charge in [-0.3, -0.25) is 0 Å². The molecule has 0 aromatic carbocycles. The highest BCUT2D eigenvalue weighted by atomic mass is 16.3. The standard InChI is InChI=1S/C10H21NO2/c12-7-2-1-6-11-8-9-4-3-5-10(9)13/h9-13H,1-8H2. The first-order valence-corrected chi connectivity index (χ1v) is 5.34. The summed E-state index contributed by atoms with van der Waals surface area (Å²) in [6, 6.07) is 0. The quantitative estimate of drug-likeness (QED) is 0.531. The molecule has 0 saturated heterocycles. The fourth-order valence-electron chi connectivity index (χ4n) is 1.90. The van der Waals surface area contributed by atoms with Crippen molar-refractivity contribution in [2.75, 3.05) is 19.7 Å². The maximum atomic E-state index is 9.51. The van der Waals surface area contributed by atoms with E-state index in [2.05, 4.69) is 5.32 Å². The highest BCUT2D eigenvalue weighted by Gasteiger charge is 2.24. The number of rotatable bonds is 6. The lowest BCUT2D eigenvalue weighted by atomic mass is 10.1. The van der Waals surface area contributed by atoms with Crippen molar-refractivity contribution in [3.63, 3.8) is 0 Å². The van der Waals surface area contributed by atoms with Gasteiger partial charge in [-0.2, -0.15) is 0 Å². The minimum Gasteiger partial charge on any atom is -0.396 e. The first-order chi connectivity index (χ1) is 6.34. The van der Waals surface area contributed by atoms with Gasteiger partial charge in [-0.15, -0.1) is 0 Å². The van der Waals surface area contributed by atoms with Gasteiger partial charge in [-0.05, 0) is 38.1 Å². The van der Waals surface area contributed by atoms with Crippen LogP contribution in [0.15, 0.2) is 0 Å². The zero-order valence-corrected chi connectivity index (χ0v) is 8.21. The predicted molar refractivity (Wildman–Crippen MR) is 52.5 cm³/mol. The Hall–Kier alpha value is -0.120. The maximum absolute atomic E-state index is 9.51. The van der Waals surface area contributed by atoms with Crippen molar-refractivity contribution < 1.29 is 10.2 Å². The van der Waals surface area contributed by atoms with Crippen LogP contribution in [0, 0.1) is 5.92 Å². The molecule has 1 rings (SSSR count). The third-order valence-corrected chi connectivity index (χ3v) is 2.79. The topological polar surface area (TPSA) is 52.5 Å². The Kier molecular flexibility index (Phi) is 5.35. The zero-order chi connectivity index (χ0) is 9.52. The summed E-state index contributed by atoms with van der Waals surface area (Å²) in [5, 5.41) is 21.4. The van der Waals surface area contributed by atoms with Gasteiger partial charge in [-0.25, -0.2) is 0 Å². The van der Waals surface area contributed by atoms with Crippen molar-refractivity contribution in [3.05, 3.63) is 0 Å². The van der Waals surface area contributed by atoms with E-state index in [4.69, 9.17) is 5.11 Å². The Morgan fingerprint density at radius 3 is 2.69 bits per heavy atom. The average Bonchev–Trinajstić information content (AvgIpc) is 2.52. The van der Waals surface area contributed by atoms with Crippen LogP contribution < -0.4 is 5.32 Å². The zero-order valence-electron chi connectivity index (χ0n) is 8.21. The fraction of sp³-hybridized carbons (Fsp3) is 1.00. The highest BCUT2D eigenvalue weighted by molar-refractivity contribution is 4.77. The molecule has 1 saturated carbocycles. The molecule has 0 spiro atoms. The van der Waals surface area contributed by atoms with Crippen molar-refractivity contribution in [1.82, 2.24) is 5.32 Å². The molecule has 78 valence electrons. The fourth-order valence-corrected chi connectivity index (χ4v) is 1.90. The molecule has 1 aliphatic carbocycles. The molecule has 0 radical (unpaired) electrons. The second kappa shape index (κ2) is 6.35. The third kappa shape index (κ3) is 4.07. The summed E-state index contributed by atoms with van der Waals surface area (Å²) in [6.45, 7) is 2.18. The Morgan fingerprint density at radius 1 is 1.23 bits per heavy atom. The minimum absolute atomic E-state index is 0.0784. The lowest BCUT2D eigenvalue weighted by Crippen LogP contribution is -2.28. The molecule has 13 heavy (non-hydrogen) atoms. The van der Waals surface area contributed by atoms with E-state index in [-0.39, 0.29) is 12.7 Å². The van der Waals surface area contributed by atoms with E-state index in [0.717, 1.165) is 38.8 Å². The Balaban J connectivity index is 1.93. The summed E-state index contributed by atoms with van der Waals surface area (Å²) in [5.41, 5.74) is 0. The summed E-state index contributed by atoms with van der Waals surface area (Å²) in [6.07, 6.45) is 5.13. The van der Waals surface area contributed by atoms with Gasteiger partial charge in [0.15, 0.2) is 0 Å². The van der Waals surface area contributed by atoms with Crippen molar-refractivity contribution in [1.29, 1.82) is 0 Å². The van der Waals surface area contributed by atoms with Crippen molar-refractivity contribution in [2.24, 2.45) is 5.92 Å². The molecule has 2 unspecified atom stereocenters. The molecule has 3 nitrogen and oxygen atoms in total. The minimum atomic E-state index is -0.0784. The molecular weight excluding hydrogens is 166 g/mol. The molecule has 3 N–H and O–H groups in total. The van der Waals surface area contributed by atoms with Gasteiger partial charge in [0.25, 0.3) is 0 Å².